The summed E-state index contributed by atoms with van der Waals surface area (Å²) in [6.07, 6.45) is 4.66. The van der Waals surface area contributed by atoms with Gasteiger partial charge in [-0.1, -0.05) is 13.8 Å². The largest absolute Gasteiger partial charge is 0.480 e. The van der Waals surface area contributed by atoms with Gasteiger partial charge in [0, 0.05) is 24.0 Å². The smallest absolute Gasteiger partial charge is 0.320 e. The minimum atomic E-state index is -0.695. The zero-order valence-electron chi connectivity index (χ0n) is 10.9. The molecule has 1 atom stereocenters. The second kappa shape index (κ2) is 5.80. The van der Waals surface area contributed by atoms with Gasteiger partial charge in [0.25, 0.3) is 0 Å². The van der Waals surface area contributed by atoms with Gasteiger partial charge < -0.3 is 5.11 Å². The van der Waals surface area contributed by atoms with Crippen molar-refractivity contribution in [1.29, 1.82) is 0 Å². The van der Waals surface area contributed by atoms with Crippen molar-refractivity contribution in [2.75, 3.05) is 6.54 Å². The third kappa shape index (κ3) is 3.29. The van der Waals surface area contributed by atoms with Gasteiger partial charge in [0.1, 0.15) is 6.04 Å². The maximum Gasteiger partial charge on any atom is 0.320 e. The van der Waals surface area contributed by atoms with Crippen LogP contribution in [0.2, 0.25) is 0 Å². The highest BCUT2D eigenvalue weighted by Crippen LogP contribution is 2.23. The number of carbonyl (C=O) groups is 1. The molecule has 18 heavy (non-hydrogen) atoms. The van der Waals surface area contributed by atoms with Crippen molar-refractivity contribution >= 4 is 17.3 Å². The predicted molar refractivity (Wildman–Crippen MR) is 71.7 cm³/mol. The van der Waals surface area contributed by atoms with Crippen LogP contribution in [0.25, 0.3) is 0 Å². The molecule has 0 aliphatic carbocycles. The van der Waals surface area contributed by atoms with Crippen LogP contribution < -0.4 is 0 Å². The van der Waals surface area contributed by atoms with Gasteiger partial charge in [-0.15, -0.1) is 11.3 Å². The van der Waals surface area contributed by atoms with Crippen LogP contribution in [0.1, 0.15) is 36.6 Å². The fourth-order valence-corrected chi connectivity index (χ4v) is 3.52. The minimum absolute atomic E-state index is 0.305. The van der Waals surface area contributed by atoms with E-state index in [2.05, 4.69) is 23.7 Å². The third-order valence-corrected chi connectivity index (χ3v) is 4.20. The molecule has 1 aliphatic heterocycles. The van der Waals surface area contributed by atoms with Gasteiger partial charge in [0.2, 0.25) is 0 Å². The molecule has 0 spiro atoms. The molecule has 4 nitrogen and oxygen atoms in total. The molecule has 1 unspecified atom stereocenters. The van der Waals surface area contributed by atoms with Crippen molar-refractivity contribution in [1.82, 2.24) is 9.88 Å². The van der Waals surface area contributed by atoms with Crippen molar-refractivity contribution in [3.05, 3.63) is 16.1 Å². The summed E-state index contributed by atoms with van der Waals surface area (Å²) in [6.45, 7) is 5.98. The topological polar surface area (TPSA) is 53.4 Å². The highest BCUT2D eigenvalue weighted by Gasteiger charge is 2.30. The summed E-state index contributed by atoms with van der Waals surface area (Å²) in [5.74, 6) is -0.0815. The lowest BCUT2D eigenvalue weighted by Crippen LogP contribution is -2.35. The highest BCUT2D eigenvalue weighted by molar-refractivity contribution is 7.11. The Kier molecular flexibility index (Phi) is 4.35. The van der Waals surface area contributed by atoms with Crippen molar-refractivity contribution in [2.24, 2.45) is 5.92 Å². The summed E-state index contributed by atoms with van der Waals surface area (Å²) in [6, 6.07) is -0.305. The molecule has 2 rings (SSSR count). The molecule has 1 fully saturated rings. The molecule has 0 aromatic carbocycles. The van der Waals surface area contributed by atoms with Crippen LogP contribution in [0.3, 0.4) is 0 Å². The van der Waals surface area contributed by atoms with Crippen LogP contribution in [0.5, 0.6) is 0 Å². The molecule has 5 heteroatoms. The fourth-order valence-electron chi connectivity index (χ4n) is 2.36. The van der Waals surface area contributed by atoms with Crippen LogP contribution in [-0.2, 0) is 17.8 Å². The predicted octanol–water partition coefficient (Wildman–Crippen LogP) is 2.39. The first-order valence-corrected chi connectivity index (χ1v) is 7.28. The van der Waals surface area contributed by atoms with Gasteiger partial charge in [-0.05, 0) is 25.3 Å². The fraction of sp³-hybridized carbons (Fsp3) is 0.692. The van der Waals surface area contributed by atoms with E-state index in [4.69, 9.17) is 5.11 Å². The first-order chi connectivity index (χ1) is 8.56. The zero-order valence-corrected chi connectivity index (χ0v) is 11.7. The average molecular weight is 268 g/mol. The van der Waals surface area contributed by atoms with Gasteiger partial charge in [0.05, 0.1) is 5.01 Å². The van der Waals surface area contributed by atoms with Crippen molar-refractivity contribution in [3.8, 4) is 0 Å². The Labute approximate surface area is 112 Å². The number of hydrogen-bond donors (Lipinski definition) is 1. The summed E-state index contributed by atoms with van der Waals surface area (Å²) < 4.78 is 0. The average Bonchev–Trinajstić information content (AvgIpc) is 2.87. The number of nitrogens with zero attached hydrogens (tertiary/aromatic N) is 2. The Morgan fingerprint density at radius 2 is 2.44 bits per heavy atom. The molecule has 1 aromatic rings. The molecule has 2 heterocycles. The molecule has 0 amide bonds. The van der Waals surface area contributed by atoms with E-state index in [-0.39, 0.29) is 6.04 Å². The number of carboxylic acids is 1. The van der Waals surface area contributed by atoms with E-state index in [0.29, 0.717) is 5.92 Å². The SMILES string of the molecule is CC(C)Cc1ncc(CN2CCCC2C(=O)O)s1. The van der Waals surface area contributed by atoms with E-state index in [1.165, 1.54) is 4.88 Å². The van der Waals surface area contributed by atoms with Gasteiger partial charge in [-0.3, -0.25) is 9.69 Å². The summed E-state index contributed by atoms with van der Waals surface area (Å²) >= 11 is 1.72. The maximum absolute atomic E-state index is 11.1. The molecule has 1 N–H and O–H groups in total. The molecule has 100 valence electrons. The Morgan fingerprint density at radius 3 is 3.11 bits per heavy atom. The zero-order chi connectivity index (χ0) is 13.1. The van der Waals surface area contributed by atoms with E-state index in [9.17, 15) is 4.79 Å². The number of aromatic nitrogens is 1. The van der Waals surface area contributed by atoms with Gasteiger partial charge in [-0.25, -0.2) is 4.98 Å². The summed E-state index contributed by atoms with van der Waals surface area (Å²) in [7, 11) is 0. The Balaban J connectivity index is 1.96. The number of aliphatic carboxylic acids is 1. The van der Waals surface area contributed by atoms with Crippen molar-refractivity contribution in [2.45, 2.75) is 45.7 Å². The number of thiazole rings is 1. The lowest BCUT2D eigenvalue weighted by atomic mass is 10.1. The van der Waals surface area contributed by atoms with Gasteiger partial charge in [-0.2, -0.15) is 0 Å². The molecule has 1 aromatic heterocycles. The van der Waals surface area contributed by atoms with Crippen LogP contribution in [-0.4, -0.2) is 33.5 Å². The van der Waals surface area contributed by atoms with Crippen molar-refractivity contribution in [3.63, 3.8) is 0 Å². The second-order valence-corrected chi connectivity index (χ2v) is 6.48. The molecular formula is C13H20N2O2S. The van der Waals surface area contributed by atoms with E-state index in [1.54, 1.807) is 11.3 Å². The molecule has 0 radical (unpaired) electrons. The molecule has 1 aliphatic rings. The second-order valence-electron chi connectivity index (χ2n) is 5.29. The first-order valence-electron chi connectivity index (χ1n) is 6.46. The van der Waals surface area contributed by atoms with E-state index >= 15 is 0 Å². The van der Waals surface area contributed by atoms with Gasteiger partial charge in [0.15, 0.2) is 0 Å². The normalized spacial score (nSPS) is 20.7. The first kappa shape index (κ1) is 13.5. The monoisotopic (exact) mass is 268 g/mol. The van der Waals surface area contributed by atoms with Crippen molar-refractivity contribution < 1.29 is 9.90 Å². The van der Waals surface area contributed by atoms with Crippen LogP contribution in [0.15, 0.2) is 6.20 Å². The van der Waals surface area contributed by atoms with E-state index in [1.807, 2.05) is 6.20 Å². The molecule has 0 saturated carbocycles. The molecule has 0 bridgehead atoms. The third-order valence-electron chi connectivity index (χ3n) is 3.19. The Bertz CT molecular complexity index is 417. The Hall–Kier alpha value is -0.940. The van der Waals surface area contributed by atoms with Crippen LogP contribution in [0.4, 0.5) is 0 Å². The van der Waals surface area contributed by atoms with E-state index < -0.39 is 5.97 Å². The molecule has 1 saturated heterocycles. The lowest BCUT2D eigenvalue weighted by molar-refractivity contribution is -0.142. The minimum Gasteiger partial charge on any atom is -0.480 e. The number of hydrogen-bond acceptors (Lipinski definition) is 4. The highest BCUT2D eigenvalue weighted by atomic mass is 32.1. The molecular weight excluding hydrogens is 248 g/mol. The quantitative estimate of drug-likeness (QED) is 0.891. The maximum atomic E-state index is 11.1. The Morgan fingerprint density at radius 1 is 1.67 bits per heavy atom. The number of rotatable bonds is 5. The number of carboxylic acid groups (broad SMARTS) is 1. The lowest BCUT2D eigenvalue weighted by Gasteiger charge is -2.19. The van der Waals surface area contributed by atoms with Gasteiger partial charge >= 0.3 is 5.97 Å². The van der Waals surface area contributed by atoms with Crippen LogP contribution in [0, 0.1) is 5.92 Å². The van der Waals surface area contributed by atoms with E-state index in [0.717, 1.165) is 37.4 Å². The standard InChI is InChI=1S/C13H20N2O2S/c1-9(2)6-12-14-7-10(18-12)8-15-5-3-4-11(15)13(16)17/h7,9,11H,3-6,8H2,1-2H3,(H,16,17). The number of likely N-dealkylation sites (tertiary alicyclic amines) is 1. The van der Waals surface area contributed by atoms with Crippen LogP contribution >= 0.6 is 11.3 Å². The summed E-state index contributed by atoms with van der Waals surface area (Å²) in [4.78, 5) is 18.7. The summed E-state index contributed by atoms with van der Waals surface area (Å²) in [5, 5.41) is 10.3. The summed E-state index contributed by atoms with van der Waals surface area (Å²) in [5.41, 5.74) is 0.